The number of nitrogens with one attached hydrogen (secondary N) is 2. The van der Waals surface area contributed by atoms with E-state index in [1.165, 1.54) is 0 Å². The molecule has 0 bridgehead atoms. The molecule has 2 saturated heterocycles. The van der Waals surface area contributed by atoms with Crippen molar-refractivity contribution < 1.29 is 14.0 Å². The average molecular weight is 294 g/mol. The van der Waals surface area contributed by atoms with Gasteiger partial charge in [0.15, 0.2) is 0 Å². The summed E-state index contributed by atoms with van der Waals surface area (Å²) in [7, 11) is 0. The lowest BCUT2D eigenvalue weighted by molar-refractivity contribution is -0.123. The quantitative estimate of drug-likeness (QED) is 0.672. The molecule has 2 heterocycles. The first-order valence-electron chi connectivity index (χ1n) is 7.02. The van der Waals surface area contributed by atoms with Gasteiger partial charge in [-0.1, -0.05) is 29.5 Å². The molecular weight excluding hydrogens is 275 g/mol. The summed E-state index contributed by atoms with van der Waals surface area (Å²) in [5, 5.41) is 3.68. The number of primary amides is 1. The molecule has 2 aliphatic rings. The van der Waals surface area contributed by atoms with Crippen LogP contribution in [-0.2, 0) is 14.9 Å². The third-order valence-corrected chi connectivity index (χ3v) is 4.18. The molecule has 2 unspecified atom stereocenters. The molecule has 2 fully saturated rings. The Hall–Kier alpha value is -1.54. The average Bonchev–Trinajstić information content (AvgIpc) is 2.91. The van der Waals surface area contributed by atoms with Crippen LogP contribution >= 0.6 is 0 Å². The van der Waals surface area contributed by atoms with Gasteiger partial charge in [0.05, 0.1) is 19.3 Å². The molecule has 6 nitrogen and oxygen atoms in total. The highest BCUT2D eigenvalue weighted by Gasteiger charge is 2.47. The number of hydrogen-bond acceptors (Lipinski definition) is 5. The minimum absolute atomic E-state index is 0.0977. The summed E-state index contributed by atoms with van der Waals surface area (Å²) in [5.74, 6) is -0.536. The van der Waals surface area contributed by atoms with Gasteiger partial charge in [-0.15, -0.1) is 4.48 Å². The Morgan fingerprint density at radius 2 is 2.29 bits per heavy atom. The largest absolute Gasteiger partial charge is 0.371 e. The molecule has 2 aliphatic heterocycles. The molecule has 7 heteroatoms. The van der Waals surface area contributed by atoms with Crippen molar-refractivity contribution in [2.75, 3.05) is 32.8 Å². The van der Waals surface area contributed by atoms with Crippen molar-refractivity contribution >= 4 is 5.91 Å². The second-order valence-electron chi connectivity index (χ2n) is 5.45. The first-order valence-corrected chi connectivity index (χ1v) is 7.02. The fourth-order valence-corrected chi connectivity index (χ4v) is 3.03. The lowest BCUT2D eigenvalue weighted by Crippen LogP contribution is -2.47. The van der Waals surface area contributed by atoms with Crippen molar-refractivity contribution in [1.29, 1.82) is 0 Å². The number of rotatable bonds is 3. The Morgan fingerprint density at radius 1 is 1.48 bits per heavy atom. The van der Waals surface area contributed by atoms with E-state index in [-0.39, 0.29) is 19.2 Å². The number of hydrazine groups is 1. The summed E-state index contributed by atoms with van der Waals surface area (Å²) in [6.07, 6.45) is -0.153. The monoisotopic (exact) mass is 294 g/mol. The Kier molecular flexibility index (Phi) is 3.90. The number of amides is 1. The van der Waals surface area contributed by atoms with E-state index >= 15 is 0 Å². The molecule has 1 amide bonds. The number of nitrogens with two attached hydrogens (primary N) is 1. The predicted molar refractivity (Wildman–Crippen MR) is 74.7 cm³/mol. The van der Waals surface area contributed by atoms with Gasteiger partial charge in [-0.25, -0.2) is 5.43 Å². The summed E-state index contributed by atoms with van der Waals surface area (Å²) < 4.78 is 19.3. The van der Waals surface area contributed by atoms with Crippen molar-refractivity contribution in [1.82, 2.24) is 16.0 Å². The van der Waals surface area contributed by atoms with Crippen molar-refractivity contribution in [3.05, 3.63) is 35.4 Å². The van der Waals surface area contributed by atoms with Crippen molar-refractivity contribution in [3.8, 4) is 0 Å². The molecule has 1 aromatic rings. The maximum absolute atomic E-state index is 13.5. The molecule has 1 aromatic carbocycles. The van der Waals surface area contributed by atoms with Gasteiger partial charge in [0.1, 0.15) is 5.41 Å². The second kappa shape index (κ2) is 5.69. The van der Waals surface area contributed by atoms with E-state index in [0.717, 1.165) is 17.7 Å². The predicted octanol–water partition coefficient (Wildman–Crippen LogP) is -0.225. The van der Waals surface area contributed by atoms with E-state index in [2.05, 4.69) is 10.7 Å². The molecule has 3 rings (SSSR count). The van der Waals surface area contributed by atoms with Gasteiger partial charge in [-0.2, -0.15) is 0 Å². The number of carbonyl (C=O) groups excluding carboxylic acids is 1. The summed E-state index contributed by atoms with van der Waals surface area (Å²) in [6.45, 7) is 2.13. The maximum atomic E-state index is 13.5. The first-order chi connectivity index (χ1) is 10.1. The summed E-state index contributed by atoms with van der Waals surface area (Å²) in [5.41, 5.74) is 8.67. The Morgan fingerprint density at radius 3 is 2.90 bits per heavy atom. The fraction of sp³-hybridized carbons (Fsp3) is 0.500. The Balaban J connectivity index is 2.02. The molecule has 0 spiro atoms. The molecule has 4 N–H and O–H groups in total. The van der Waals surface area contributed by atoms with Crippen LogP contribution < -0.4 is 16.5 Å². The molecule has 21 heavy (non-hydrogen) atoms. The van der Waals surface area contributed by atoms with Crippen LogP contribution in [0.25, 0.3) is 0 Å². The van der Waals surface area contributed by atoms with Gasteiger partial charge in [0.25, 0.3) is 0 Å². The highest BCUT2D eigenvalue weighted by molar-refractivity contribution is 5.88. The van der Waals surface area contributed by atoms with Crippen molar-refractivity contribution in [2.45, 2.75) is 11.5 Å². The first kappa shape index (κ1) is 14.4. The third kappa shape index (κ3) is 2.53. The van der Waals surface area contributed by atoms with Gasteiger partial charge in [0.2, 0.25) is 5.91 Å². The number of ether oxygens (including phenoxy) is 1. The zero-order chi connectivity index (χ0) is 14.9. The smallest absolute Gasteiger partial charge is 0.230 e. The van der Waals surface area contributed by atoms with E-state index < -0.39 is 11.3 Å². The van der Waals surface area contributed by atoms with Gasteiger partial charge in [0, 0.05) is 19.6 Å². The number of nitrogens with zero attached hydrogens (tertiary/aromatic N) is 1. The van der Waals surface area contributed by atoms with E-state index in [0.29, 0.717) is 18.4 Å². The minimum atomic E-state index is -1.08. The van der Waals surface area contributed by atoms with Crippen LogP contribution in [0.1, 0.15) is 17.2 Å². The van der Waals surface area contributed by atoms with Crippen LogP contribution in [0, 0.1) is 0 Å². The molecular formula is C14H19FN4O2. The number of carbonyl (C=O) groups is 1. The zero-order valence-corrected chi connectivity index (χ0v) is 11.6. The van der Waals surface area contributed by atoms with E-state index in [1.54, 1.807) is 0 Å². The van der Waals surface area contributed by atoms with Crippen molar-refractivity contribution in [2.24, 2.45) is 5.73 Å². The SMILES string of the molecule is NC(=O)C1(c2ccccc2C2CNCCO2)CNN(F)C1. The van der Waals surface area contributed by atoms with E-state index in [9.17, 15) is 9.28 Å². The summed E-state index contributed by atoms with van der Waals surface area (Å²) in [6, 6.07) is 7.47. The minimum Gasteiger partial charge on any atom is -0.371 e. The number of halogens is 1. The van der Waals surface area contributed by atoms with Crippen LogP contribution in [0.2, 0.25) is 0 Å². The highest BCUT2D eigenvalue weighted by Crippen LogP contribution is 2.35. The molecule has 0 aromatic heterocycles. The van der Waals surface area contributed by atoms with E-state index in [1.807, 2.05) is 24.3 Å². The van der Waals surface area contributed by atoms with Crippen LogP contribution in [-0.4, -0.2) is 43.9 Å². The van der Waals surface area contributed by atoms with Gasteiger partial charge in [-0.3, -0.25) is 4.79 Å². The normalized spacial score (nSPS) is 30.4. The number of hydrogen-bond donors (Lipinski definition) is 3. The van der Waals surface area contributed by atoms with Gasteiger partial charge < -0.3 is 15.8 Å². The summed E-state index contributed by atoms with van der Waals surface area (Å²) >= 11 is 0. The second-order valence-corrected chi connectivity index (χ2v) is 5.45. The molecule has 0 aliphatic carbocycles. The molecule has 0 saturated carbocycles. The molecule has 114 valence electrons. The summed E-state index contributed by atoms with van der Waals surface area (Å²) in [4.78, 5) is 12.0. The zero-order valence-electron chi connectivity index (χ0n) is 11.6. The third-order valence-electron chi connectivity index (χ3n) is 4.18. The van der Waals surface area contributed by atoms with Crippen LogP contribution in [0.4, 0.5) is 4.48 Å². The molecule has 2 atom stereocenters. The lowest BCUT2D eigenvalue weighted by atomic mass is 9.77. The highest BCUT2D eigenvalue weighted by atomic mass is 19.2. The van der Waals surface area contributed by atoms with Crippen LogP contribution in [0.5, 0.6) is 0 Å². The Labute approximate surface area is 122 Å². The van der Waals surface area contributed by atoms with Crippen molar-refractivity contribution in [3.63, 3.8) is 0 Å². The van der Waals surface area contributed by atoms with Crippen LogP contribution in [0.15, 0.2) is 24.3 Å². The van der Waals surface area contributed by atoms with Crippen LogP contribution in [0.3, 0.4) is 0 Å². The standard InChI is InChI=1S/C14H19FN4O2/c15-19-9-14(8-18-19,13(16)20)11-4-2-1-3-10(11)12-7-17-5-6-21-12/h1-4,12,17-18H,5-9H2,(H2,16,20). The fourth-order valence-electron chi connectivity index (χ4n) is 3.03. The lowest BCUT2D eigenvalue weighted by Gasteiger charge is -2.31. The number of benzene rings is 1. The number of morpholine rings is 1. The Bertz CT molecular complexity index is 535. The van der Waals surface area contributed by atoms with Gasteiger partial charge in [-0.05, 0) is 11.1 Å². The molecule has 0 radical (unpaired) electrons. The van der Waals surface area contributed by atoms with E-state index in [4.69, 9.17) is 10.5 Å². The maximum Gasteiger partial charge on any atom is 0.230 e. The topological polar surface area (TPSA) is 79.6 Å². The van der Waals surface area contributed by atoms with Gasteiger partial charge >= 0.3 is 0 Å².